The van der Waals surface area contributed by atoms with Crippen LogP contribution in [0.5, 0.6) is 0 Å². The molecule has 1 rings (SSSR count). The highest BCUT2D eigenvalue weighted by molar-refractivity contribution is 9.10. The van der Waals surface area contributed by atoms with E-state index in [9.17, 15) is 4.79 Å². The predicted octanol–water partition coefficient (Wildman–Crippen LogP) is 2.35. The number of benzene rings is 1. The Labute approximate surface area is 103 Å². The molecular weight excluding hydrogens is 272 g/mol. The summed E-state index contributed by atoms with van der Waals surface area (Å²) in [7, 11) is 0. The molecule has 1 aromatic carbocycles. The van der Waals surface area contributed by atoms with Crippen LogP contribution in [0.15, 0.2) is 22.7 Å². The normalized spacial score (nSPS) is 10.5. The lowest BCUT2D eigenvalue weighted by Crippen LogP contribution is -2.26. The van der Waals surface area contributed by atoms with Gasteiger partial charge in [-0.1, -0.05) is 29.8 Å². The maximum Gasteiger partial charge on any atom is 0.276 e. The molecule has 1 amide bonds. The maximum atomic E-state index is 11.7. The van der Waals surface area contributed by atoms with Gasteiger partial charge in [0.2, 0.25) is 0 Å². The van der Waals surface area contributed by atoms with Crippen molar-refractivity contribution >= 4 is 27.5 Å². The minimum Gasteiger partial charge on any atom is -0.398 e. The van der Waals surface area contributed by atoms with Gasteiger partial charge in [-0.3, -0.25) is 9.63 Å². The summed E-state index contributed by atoms with van der Waals surface area (Å²) in [5.41, 5.74) is 8.87. The van der Waals surface area contributed by atoms with E-state index in [1.54, 1.807) is 18.2 Å². The fourth-order valence-corrected chi connectivity index (χ4v) is 1.42. The highest BCUT2D eigenvalue weighted by Crippen LogP contribution is 2.18. The molecule has 0 unspecified atom stereocenters. The average Bonchev–Trinajstić information content (AvgIpc) is 2.21. The first-order chi connectivity index (χ1) is 7.50. The standard InChI is InChI=1S/C11H15BrN2O2/c1-7(2)6-16-14-11(15)9-5-8(12)3-4-10(9)13/h3-5,7H,6,13H2,1-2H3,(H,14,15). The topological polar surface area (TPSA) is 64.3 Å². The Hall–Kier alpha value is -1.07. The monoisotopic (exact) mass is 286 g/mol. The van der Waals surface area contributed by atoms with Crippen molar-refractivity contribution in [2.45, 2.75) is 13.8 Å². The lowest BCUT2D eigenvalue weighted by atomic mass is 10.2. The van der Waals surface area contributed by atoms with E-state index in [1.165, 1.54) is 0 Å². The van der Waals surface area contributed by atoms with Gasteiger partial charge in [0.25, 0.3) is 5.91 Å². The van der Waals surface area contributed by atoms with Crippen molar-refractivity contribution in [1.29, 1.82) is 0 Å². The summed E-state index contributed by atoms with van der Waals surface area (Å²) in [6, 6.07) is 5.10. The van der Waals surface area contributed by atoms with Crippen molar-refractivity contribution in [3.05, 3.63) is 28.2 Å². The van der Waals surface area contributed by atoms with E-state index in [0.717, 1.165) is 4.47 Å². The Bertz CT molecular complexity index is 380. The Morgan fingerprint density at radius 2 is 2.25 bits per heavy atom. The van der Waals surface area contributed by atoms with E-state index >= 15 is 0 Å². The van der Waals surface area contributed by atoms with Gasteiger partial charge >= 0.3 is 0 Å². The van der Waals surface area contributed by atoms with Crippen LogP contribution in [0.4, 0.5) is 5.69 Å². The number of hydrogen-bond acceptors (Lipinski definition) is 3. The van der Waals surface area contributed by atoms with Crippen LogP contribution in [-0.2, 0) is 4.84 Å². The van der Waals surface area contributed by atoms with Crippen LogP contribution in [0.25, 0.3) is 0 Å². The Morgan fingerprint density at radius 1 is 1.56 bits per heavy atom. The molecule has 0 aliphatic heterocycles. The second-order valence-electron chi connectivity index (χ2n) is 3.87. The van der Waals surface area contributed by atoms with Crippen molar-refractivity contribution in [2.75, 3.05) is 12.3 Å². The number of hydroxylamine groups is 1. The predicted molar refractivity (Wildman–Crippen MR) is 66.8 cm³/mol. The van der Waals surface area contributed by atoms with Crippen molar-refractivity contribution in [3.8, 4) is 0 Å². The molecule has 0 aliphatic rings. The van der Waals surface area contributed by atoms with Crippen LogP contribution >= 0.6 is 15.9 Å². The van der Waals surface area contributed by atoms with Crippen LogP contribution in [-0.4, -0.2) is 12.5 Å². The molecule has 0 aliphatic carbocycles. The molecule has 0 bridgehead atoms. The first-order valence-corrected chi connectivity index (χ1v) is 5.77. The smallest absolute Gasteiger partial charge is 0.276 e. The Morgan fingerprint density at radius 3 is 2.88 bits per heavy atom. The van der Waals surface area contributed by atoms with E-state index < -0.39 is 0 Å². The van der Waals surface area contributed by atoms with E-state index in [0.29, 0.717) is 23.8 Å². The van der Waals surface area contributed by atoms with Gasteiger partial charge < -0.3 is 5.73 Å². The van der Waals surface area contributed by atoms with Crippen LogP contribution in [0.2, 0.25) is 0 Å². The molecule has 4 nitrogen and oxygen atoms in total. The summed E-state index contributed by atoms with van der Waals surface area (Å²) in [4.78, 5) is 16.7. The molecule has 0 fully saturated rings. The number of anilines is 1. The molecule has 0 saturated heterocycles. The average molecular weight is 287 g/mol. The molecule has 0 atom stereocenters. The third kappa shape index (κ3) is 3.83. The van der Waals surface area contributed by atoms with Gasteiger partial charge in [0.15, 0.2) is 0 Å². The summed E-state index contributed by atoms with van der Waals surface area (Å²) in [5.74, 6) is 0.0274. The van der Waals surface area contributed by atoms with Crippen LogP contribution < -0.4 is 11.2 Å². The molecule has 0 aromatic heterocycles. The zero-order chi connectivity index (χ0) is 12.1. The van der Waals surface area contributed by atoms with Crippen LogP contribution in [0.3, 0.4) is 0 Å². The first kappa shape index (κ1) is 13.0. The second-order valence-corrected chi connectivity index (χ2v) is 4.78. The van der Waals surface area contributed by atoms with Crippen molar-refractivity contribution in [3.63, 3.8) is 0 Å². The number of rotatable bonds is 4. The van der Waals surface area contributed by atoms with Gasteiger partial charge in [0.05, 0.1) is 12.2 Å². The van der Waals surface area contributed by atoms with Gasteiger partial charge in [-0.25, -0.2) is 5.48 Å². The van der Waals surface area contributed by atoms with Gasteiger partial charge in [0.1, 0.15) is 0 Å². The third-order valence-corrected chi connectivity index (χ3v) is 2.33. The lowest BCUT2D eigenvalue weighted by Gasteiger charge is -2.09. The summed E-state index contributed by atoms with van der Waals surface area (Å²) in [5, 5.41) is 0. The van der Waals surface area contributed by atoms with Gasteiger partial charge in [-0.15, -0.1) is 0 Å². The van der Waals surface area contributed by atoms with Crippen LogP contribution in [0, 0.1) is 5.92 Å². The molecule has 1 aromatic rings. The van der Waals surface area contributed by atoms with Gasteiger partial charge in [-0.05, 0) is 24.1 Å². The van der Waals surface area contributed by atoms with Gasteiger partial charge in [0, 0.05) is 10.2 Å². The largest absolute Gasteiger partial charge is 0.398 e. The van der Waals surface area contributed by atoms with Crippen molar-refractivity contribution in [2.24, 2.45) is 5.92 Å². The number of carbonyl (C=O) groups excluding carboxylic acids is 1. The SMILES string of the molecule is CC(C)CONC(=O)c1cc(Br)ccc1N. The first-order valence-electron chi connectivity index (χ1n) is 4.98. The Balaban J connectivity index is 2.62. The Kier molecular flexibility index (Phi) is 4.76. The number of carbonyl (C=O) groups is 1. The van der Waals surface area contributed by atoms with E-state index in [1.807, 2.05) is 13.8 Å². The van der Waals surface area contributed by atoms with Gasteiger partial charge in [-0.2, -0.15) is 0 Å². The highest BCUT2D eigenvalue weighted by atomic mass is 79.9. The van der Waals surface area contributed by atoms with Crippen molar-refractivity contribution in [1.82, 2.24) is 5.48 Å². The zero-order valence-corrected chi connectivity index (χ0v) is 10.9. The maximum absolute atomic E-state index is 11.7. The number of nitrogen functional groups attached to an aromatic ring is 1. The lowest BCUT2D eigenvalue weighted by molar-refractivity contribution is 0.0209. The van der Waals surface area contributed by atoms with E-state index in [-0.39, 0.29) is 5.91 Å². The second kappa shape index (κ2) is 5.86. The van der Waals surface area contributed by atoms with E-state index in [4.69, 9.17) is 10.6 Å². The highest BCUT2D eigenvalue weighted by Gasteiger charge is 2.10. The summed E-state index contributed by atoms with van der Waals surface area (Å²) in [6.45, 7) is 4.47. The summed E-state index contributed by atoms with van der Waals surface area (Å²) >= 11 is 3.28. The summed E-state index contributed by atoms with van der Waals surface area (Å²) < 4.78 is 0.802. The quantitative estimate of drug-likeness (QED) is 0.660. The molecule has 5 heteroatoms. The van der Waals surface area contributed by atoms with Crippen molar-refractivity contribution < 1.29 is 9.63 Å². The number of hydrogen-bond donors (Lipinski definition) is 2. The zero-order valence-electron chi connectivity index (χ0n) is 9.29. The fraction of sp³-hybridized carbons (Fsp3) is 0.364. The molecule has 3 N–H and O–H groups in total. The number of amides is 1. The minimum absolute atomic E-state index is 0.334. The molecule has 16 heavy (non-hydrogen) atoms. The number of nitrogens with two attached hydrogens (primary N) is 1. The molecule has 88 valence electrons. The molecule has 0 saturated carbocycles. The molecular formula is C11H15BrN2O2. The third-order valence-electron chi connectivity index (χ3n) is 1.84. The minimum atomic E-state index is -0.334. The van der Waals surface area contributed by atoms with E-state index in [2.05, 4.69) is 21.4 Å². The molecule has 0 heterocycles. The number of halogens is 1. The molecule has 0 spiro atoms. The number of nitrogens with one attached hydrogen (secondary N) is 1. The van der Waals surface area contributed by atoms with Crippen LogP contribution in [0.1, 0.15) is 24.2 Å². The summed E-state index contributed by atoms with van der Waals surface area (Å²) in [6.07, 6.45) is 0. The fourth-order valence-electron chi connectivity index (χ4n) is 1.05. The molecule has 0 radical (unpaired) electrons.